The summed E-state index contributed by atoms with van der Waals surface area (Å²) >= 11 is 0.211. The SMILES string of the molecule is CC1(C)CC(=O)C(C(F)(F)F)SO1. The maximum absolute atomic E-state index is 12.1. The van der Waals surface area contributed by atoms with Crippen LogP contribution in [0, 0.1) is 0 Å². The molecule has 76 valence electrons. The van der Waals surface area contributed by atoms with Gasteiger partial charge in [-0.15, -0.1) is 0 Å². The first-order valence-electron chi connectivity index (χ1n) is 3.66. The third-order valence-electron chi connectivity index (χ3n) is 1.56. The van der Waals surface area contributed by atoms with Gasteiger partial charge in [-0.1, -0.05) is 0 Å². The van der Waals surface area contributed by atoms with Gasteiger partial charge in [-0.25, -0.2) is 0 Å². The number of Topliss-reactive ketones (excluding diaryl/α,β-unsaturated/α-hetero) is 1. The number of hydrogen-bond acceptors (Lipinski definition) is 3. The van der Waals surface area contributed by atoms with Crippen molar-refractivity contribution in [1.29, 1.82) is 0 Å². The average Bonchev–Trinajstić information content (AvgIpc) is 1.80. The summed E-state index contributed by atoms with van der Waals surface area (Å²) in [5, 5.41) is -2.01. The first-order valence-corrected chi connectivity index (χ1v) is 4.47. The van der Waals surface area contributed by atoms with Gasteiger partial charge in [0, 0.05) is 18.5 Å². The molecule has 1 atom stereocenters. The van der Waals surface area contributed by atoms with Crippen LogP contribution in [0.15, 0.2) is 0 Å². The molecule has 13 heavy (non-hydrogen) atoms. The van der Waals surface area contributed by atoms with E-state index in [1.54, 1.807) is 13.8 Å². The molecule has 1 unspecified atom stereocenters. The van der Waals surface area contributed by atoms with E-state index in [0.29, 0.717) is 0 Å². The number of carbonyl (C=O) groups excluding carboxylic acids is 1. The zero-order valence-corrected chi connectivity index (χ0v) is 7.96. The van der Waals surface area contributed by atoms with Crippen molar-refractivity contribution in [3.05, 3.63) is 0 Å². The van der Waals surface area contributed by atoms with Crippen LogP contribution in [0.25, 0.3) is 0 Å². The van der Waals surface area contributed by atoms with Gasteiger partial charge in [-0.3, -0.25) is 4.79 Å². The Morgan fingerprint density at radius 3 is 2.46 bits per heavy atom. The molecule has 0 amide bonds. The Bertz CT molecular complexity index is 224. The summed E-state index contributed by atoms with van der Waals surface area (Å²) in [6, 6.07) is 0. The molecule has 0 bridgehead atoms. The van der Waals surface area contributed by atoms with Gasteiger partial charge in [0.1, 0.15) is 0 Å². The molecule has 1 rings (SSSR count). The molecular weight excluding hydrogens is 205 g/mol. The Morgan fingerprint density at radius 2 is 2.08 bits per heavy atom. The van der Waals surface area contributed by atoms with Gasteiger partial charge in [0.25, 0.3) is 0 Å². The Balaban J connectivity index is 2.70. The van der Waals surface area contributed by atoms with Gasteiger partial charge in [-0.05, 0) is 13.8 Å². The van der Waals surface area contributed by atoms with Gasteiger partial charge in [0.15, 0.2) is 11.0 Å². The van der Waals surface area contributed by atoms with Crippen LogP contribution in [0.5, 0.6) is 0 Å². The summed E-state index contributed by atoms with van der Waals surface area (Å²) in [5.41, 5.74) is -0.788. The number of ketones is 1. The lowest BCUT2D eigenvalue weighted by Gasteiger charge is -2.32. The minimum Gasteiger partial charge on any atom is -0.308 e. The molecule has 0 spiro atoms. The maximum atomic E-state index is 12.1. The van der Waals surface area contributed by atoms with Crippen molar-refractivity contribution < 1.29 is 22.1 Å². The number of alkyl halides is 3. The molecule has 0 aliphatic carbocycles. The third kappa shape index (κ3) is 2.60. The van der Waals surface area contributed by atoms with Crippen molar-refractivity contribution >= 4 is 17.8 Å². The normalized spacial score (nSPS) is 29.0. The fourth-order valence-electron chi connectivity index (χ4n) is 1.01. The van der Waals surface area contributed by atoms with E-state index in [1.165, 1.54) is 0 Å². The molecule has 2 nitrogen and oxygen atoms in total. The van der Waals surface area contributed by atoms with E-state index in [9.17, 15) is 18.0 Å². The zero-order chi connectivity index (χ0) is 10.3. The monoisotopic (exact) mass is 214 g/mol. The molecule has 1 saturated heterocycles. The van der Waals surface area contributed by atoms with Gasteiger partial charge in [0.05, 0.1) is 5.60 Å². The van der Waals surface area contributed by atoms with Crippen molar-refractivity contribution in [3.63, 3.8) is 0 Å². The lowest BCUT2D eigenvalue weighted by Crippen LogP contribution is -2.43. The van der Waals surface area contributed by atoms with E-state index >= 15 is 0 Å². The molecule has 0 N–H and O–H groups in total. The Labute approximate surface area is 78.0 Å². The van der Waals surface area contributed by atoms with E-state index < -0.39 is 22.8 Å². The Kier molecular flexibility index (Phi) is 2.64. The van der Waals surface area contributed by atoms with Crippen LogP contribution in [-0.2, 0) is 8.98 Å². The van der Waals surface area contributed by atoms with Crippen LogP contribution in [0.1, 0.15) is 20.3 Å². The first kappa shape index (κ1) is 10.8. The molecule has 0 aromatic rings. The topological polar surface area (TPSA) is 26.3 Å². The molecule has 0 radical (unpaired) electrons. The fourth-order valence-corrected chi connectivity index (χ4v) is 1.73. The van der Waals surface area contributed by atoms with Gasteiger partial charge in [0.2, 0.25) is 0 Å². The smallest absolute Gasteiger partial charge is 0.308 e. The number of hydrogen-bond donors (Lipinski definition) is 0. The summed E-state index contributed by atoms with van der Waals surface area (Å²) in [4.78, 5) is 11.0. The number of rotatable bonds is 0. The van der Waals surface area contributed by atoms with Crippen molar-refractivity contribution in [2.75, 3.05) is 0 Å². The predicted molar refractivity (Wildman–Crippen MR) is 42.2 cm³/mol. The van der Waals surface area contributed by atoms with Crippen molar-refractivity contribution in [3.8, 4) is 0 Å². The summed E-state index contributed by atoms with van der Waals surface area (Å²) in [6.07, 6.45) is -4.69. The van der Waals surface area contributed by atoms with Gasteiger partial charge >= 0.3 is 6.18 Å². The summed E-state index contributed by atoms with van der Waals surface area (Å²) < 4.78 is 41.2. The first-order chi connectivity index (χ1) is 5.72. The highest BCUT2D eigenvalue weighted by atomic mass is 32.2. The molecule has 6 heteroatoms. The largest absolute Gasteiger partial charge is 0.409 e. The van der Waals surface area contributed by atoms with Crippen molar-refractivity contribution in [2.45, 2.75) is 37.3 Å². The van der Waals surface area contributed by atoms with E-state index in [4.69, 9.17) is 4.18 Å². The fraction of sp³-hybridized carbons (Fsp3) is 0.857. The van der Waals surface area contributed by atoms with E-state index in [0.717, 1.165) is 0 Å². The maximum Gasteiger partial charge on any atom is 0.409 e. The zero-order valence-electron chi connectivity index (χ0n) is 7.14. The second-order valence-electron chi connectivity index (χ2n) is 3.50. The van der Waals surface area contributed by atoms with Gasteiger partial charge in [-0.2, -0.15) is 13.2 Å². The summed E-state index contributed by atoms with van der Waals surface area (Å²) in [5.74, 6) is -0.811. The minimum atomic E-state index is -4.50. The van der Waals surface area contributed by atoms with E-state index in [2.05, 4.69) is 0 Å². The highest BCUT2D eigenvalue weighted by Crippen LogP contribution is 2.40. The molecule has 1 fully saturated rings. The van der Waals surface area contributed by atoms with Crippen molar-refractivity contribution in [2.24, 2.45) is 0 Å². The average molecular weight is 214 g/mol. The van der Waals surface area contributed by atoms with E-state index in [1.807, 2.05) is 0 Å². The second kappa shape index (κ2) is 3.16. The van der Waals surface area contributed by atoms with Crippen LogP contribution in [-0.4, -0.2) is 22.8 Å². The quantitative estimate of drug-likeness (QED) is 0.579. The van der Waals surface area contributed by atoms with E-state index in [-0.39, 0.29) is 18.5 Å². The summed E-state index contributed by atoms with van der Waals surface area (Å²) in [6.45, 7) is 3.18. The van der Waals surface area contributed by atoms with Crippen LogP contribution < -0.4 is 0 Å². The highest BCUT2D eigenvalue weighted by Gasteiger charge is 2.50. The lowest BCUT2D eigenvalue weighted by atomic mass is 10.00. The molecule has 1 aliphatic heterocycles. The number of carbonyl (C=O) groups is 1. The highest BCUT2D eigenvalue weighted by molar-refractivity contribution is 7.96. The molecule has 0 aromatic carbocycles. The van der Waals surface area contributed by atoms with Crippen molar-refractivity contribution in [1.82, 2.24) is 0 Å². The summed E-state index contributed by atoms with van der Waals surface area (Å²) in [7, 11) is 0. The van der Waals surface area contributed by atoms with Crippen LogP contribution in [0.3, 0.4) is 0 Å². The predicted octanol–water partition coefficient (Wildman–Crippen LogP) is 2.33. The molecule has 0 saturated carbocycles. The number of halogens is 3. The second-order valence-corrected chi connectivity index (χ2v) is 4.33. The molecule has 1 heterocycles. The third-order valence-corrected chi connectivity index (χ3v) is 2.83. The Hall–Kier alpha value is -0.230. The Morgan fingerprint density at radius 1 is 1.54 bits per heavy atom. The van der Waals surface area contributed by atoms with Crippen LogP contribution >= 0.6 is 12.0 Å². The minimum absolute atomic E-state index is 0.190. The lowest BCUT2D eigenvalue weighted by molar-refractivity contribution is -0.154. The van der Waals surface area contributed by atoms with Crippen LogP contribution in [0.2, 0.25) is 0 Å². The standard InChI is InChI=1S/C7H9F3O2S/c1-6(2)3-4(11)5(13-12-6)7(8,9)10/h5H,3H2,1-2H3. The van der Waals surface area contributed by atoms with Gasteiger partial charge < -0.3 is 4.18 Å². The molecular formula is C7H9F3O2S. The van der Waals surface area contributed by atoms with Crippen LogP contribution in [0.4, 0.5) is 13.2 Å². The molecule has 1 aliphatic rings. The molecule has 0 aromatic heterocycles.